The highest BCUT2D eigenvalue weighted by Crippen LogP contribution is 2.32. The molecular formula is C13H7F3N3. The molecule has 95 valence electrons. The molecule has 0 aliphatic carbocycles. The molecule has 1 aromatic carbocycles. The Hall–Kier alpha value is -2.37. The van der Waals surface area contributed by atoms with E-state index in [1.54, 1.807) is 30.3 Å². The molecule has 0 spiro atoms. The summed E-state index contributed by atoms with van der Waals surface area (Å²) in [5.74, 6) is 0. The Kier molecular flexibility index (Phi) is 2.51. The normalized spacial score (nSPS) is 15.1. The Bertz CT molecular complexity index is 696. The van der Waals surface area contributed by atoms with Crippen molar-refractivity contribution in [3.8, 4) is 0 Å². The van der Waals surface area contributed by atoms with E-state index in [1.165, 1.54) is 6.20 Å². The highest BCUT2D eigenvalue weighted by molar-refractivity contribution is 6.19. The number of allylic oxidation sites excluding steroid dienone is 1. The maximum atomic E-state index is 12.9. The predicted octanol–water partition coefficient (Wildman–Crippen LogP) is 3.00. The highest BCUT2D eigenvalue weighted by atomic mass is 19.4. The van der Waals surface area contributed by atoms with Crippen molar-refractivity contribution in [1.82, 2.24) is 10.4 Å². The smallest absolute Gasteiger partial charge is 0.256 e. The molecule has 1 aliphatic heterocycles. The fourth-order valence-electron chi connectivity index (χ4n) is 1.96. The molecule has 0 saturated heterocycles. The van der Waals surface area contributed by atoms with E-state index < -0.39 is 11.7 Å². The first kappa shape index (κ1) is 11.7. The molecule has 0 unspecified atom stereocenters. The third kappa shape index (κ3) is 1.95. The second-order valence-electron chi connectivity index (χ2n) is 3.99. The van der Waals surface area contributed by atoms with Gasteiger partial charge in [0.25, 0.3) is 0 Å². The first-order chi connectivity index (χ1) is 9.07. The van der Waals surface area contributed by atoms with Crippen LogP contribution in [0.3, 0.4) is 0 Å². The molecule has 6 heteroatoms. The van der Waals surface area contributed by atoms with Crippen LogP contribution < -0.4 is 5.43 Å². The molecule has 2 aromatic rings. The Morgan fingerprint density at radius 1 is 1.00 bits per heavy atom. The van der Waals surface area contributed by atoms with Crippen LogP contribution in [0.25, 0.3) is 10.9 Å². The van der Waals surface area contributed by atoms with Crippen molar-refractivity contribution in [2.24, 2.45) is 5.10 Å². The van der Waals surface area contributed by atoms with Gasteiger partial charge in [-0.1, -0.05) is 24.3 Å². The number of aromatic nitrogens is 1. The van der Waals surface area contributed by atoms with Crippen LogP contribution in [0, 0.1) is 0 Å². The second-order valence-corrected chi connectivity index (χ2v) is 3.99. The van der Waals surface area contributed by atoms with Crippen molar-refractivity contribution in [1.29, 1.82) is 0 Å². The molecule has 0 bridgehead atoms. The summed E-state index contributed by atoms with van der Waals surface area (Å²) in [6.07, 6.45) is -2.21. The average Bonchev–Trinajstić information content (AvgIpc) is 2.87. The van der Waals surface area contributed by atoms with Gasteiger partial charge in [-0.15, -0.1) is 5.10 Å². The van der Waals surface area contributed by atoms with Gasteiger partial charge in [-0.25, -0.2) is 0 Å². The molecule has 1 radical (unpaired) electrons. The summed E-state index contributed by atoms with van der Waals surface area (Å²) in [6.45, 7) is 0. The van der Waals surface area contributed by atoms with Gasteiger partial charge in [0.2, 0.25) is 0 Å². The third-order valence-electron chi connectivity index (χ3n) is 2.79. The van der Waals surface area contributed by atoms with Gasteiger partial charge in [0.05, 0.1) is 11.7 Å². The van der Waals surface area contributed by atoms with Gasteiger partial charge in [-0.3, -0.25) is 4.98 Å². The lowest BCUT2D eigenvalue weighted by molar-refractivity contribution is -0.0859. The van der Waals surface area contributed by atoms with Crippen molar-refractivity contribution < 1.29 is 13.2 Å². The number of alkyl halides is 3. The number of hydrogen-bond acceptors (Lipinski definition) is 2. The van der Waals surface area contributed by atoms with Crippen molar-refractivity contribution in [2.45, 2.75) is 6.18 Å². The van der Waals surface area contributed by atoms with E-state index in [9.17, 15) is 13.2 Å². The number of fused-ring (bicyclic) bond motifs is 1. The van der Waals surface area contributed by atoms with Gasteiger partial charge >= 0.3 is 6.18 Å². The molecule has 0 saturated carbocycles. The molecule has 1 aliphatic rings. The summed E-state index contributed by atoms with van der Waals surface area (Å²) in [5, 5.41) is 4.35. The third-order valence-corrected chi connectivity index (χ3v) is 2.79. The number of nitrogens with zero attached hydrogens (tertiary/aromatic N) is 3. The zero-order valence-corrected chi connectivity index (χ0v) is 9.52. The fourth-order valence-corrected chi connectivity index (χ4v) is 1.96. The van der Waals surface area contributed by atoms with Gasteiger partial charge < -0.3 is 0 Å². The maximum Gasteiger partial charge on any atom is 0.420 e. The SMILES string of the molecule is FC(F)(F)C1=C[N]N=C1c1cccc2cccnc12. The Morgan fingerprint density at radius 2 is 1.79 bits per heavy atom. The Morgan fingerprint density at radius 3 is 2.58 bits per heavy atom. The lowest BCUT2D eigenvalue weighted by Gasteiger charge is -2.10. The molecule has 0 N–H and O–H groups in total. The summed E-state index contributed by atoms with van der Waals surface area (Å²) in [5.41, 5.74) is 3.17. The van der Waals surface area contributed by atoms with Gasteiger partial charge in [0, 0.05) is 17.1 Å². The lowest BCUT2D eigenvalue weighted by Crippen LogP contribution is -2.19. The fraction of sp³-hybridized carbons (Fsp3) is 0.0769. The molecule has 3 rings (SSSR count). The van der Waals surface area contributed by atoms with E-state index in [0.29, 0.717) is 11.1 Å². The molecule has 0 fully saturated rings. The summed E-state index contributed by atoms with van der Waals surface area (Å²) in [6, 6.07) is 8.54. The van der Waals surface area contributed by atoms with Crippen LogP contribution in [0.2, 0.25) is 0 Å². The molecule has 1 aromatic heterocycles. The minimum Gasteiger partial charge on any atom is -0.256 e. The Labute approximate surface area is 106 Å². The predicted molar refractivity (Wildman–Crippen MR) is 64.6 cm³/mol. The van der Waals surface area contributed by atoms with Crippen molar-refractivity contribution in [2.75, 3.05) is 0 Å². The van der Waals surface area contributed by atoms with Crippen LogP contribution >= 0.6 is 0 Å². The van der Waals surface area contributed by atoms with Crippen LogP contribution in [0.15, 0.2) is 53.4 Å². The molecule has 2 heterocycles. The van der Waals surface area contributed by atoms with E-state index in [0.717, 1.165) is 11.6 Å². The van der Waals surface area contributed by atoms with E-state index in [-0.39, 0.29) is 5.71 Å². The van der Waals surface area contributed by atoms with Crippen molar-refractivity contribution in [3.05, 3.63) is 53.9 Å². The monoisotopic (exact) mass is 262 g/mol. The van der Waals surface area contributed by atoms with Crippen molar-refractivity contribution in [3.63, 3.8) is 0 Å². The van der Waals surface area contributed by atoms with Crippen molar-refractivity contribution >= 4 is 16.6 Å². The first-order valence-corrected chi connectivity index (χ1v) is 5.47. The average molecular weight is 262 g/mol. The van der Waals surface area contributed by atoms with Crippen LogP contribution in [0.4, 0.5) is 13.2 Å². The zero-order valence-electron chi connectivity index (χ0n) is 9.52. The number of para-hydroxylation sites is 1. The highest BCUT2D eigenvalue weighted by Gasteiger charge is 2.40. The van der Waals surface area contributed by atoms with Gasteiger partial charge in [0.1, 0.15) is 11.3 Å². The van der Waals surface area contributed by atoms with E-state index >= 15 is 0 Å². The molecule has 0 amide bonds. The standard InChI is InChI=1S/C13H7F3N3/c14-13(15,16)10-7-18-19-12(10)9-5-1-3-8-4-2-6-17-11(8)9/h1-7H. The Balaban J connectivity index is 2.19. The minimum absolute atomic E-state index is 0.184. The topological polar surface area (TPSA) is 39.4 Å². The quantitative estimate of drug-likeness (QED) is 0.778. The van der Waals surface area contributed by atoms with E-state index in [1.807, 2.05) is 0 Å². The number of hydrogen-bond donors (Lipinski definition) is 0. The second kappa shape index (κ2) is 4.08. The van der Waals surface area contributed by atoms with Crippen LogP contribution in [0.5, 0.6) is 0 Å². The van der Waals surface area contributed by atoms with Gasteiger partial charge in [-0.05, 0) is 6.07 Å². The zero-order chi connectivity index (χ0) is 13.5. The maximum absolute atomic E-state index is 12.9. The van der Waals surface area contributed by atoms with Gasteiger partial charge in [-0.2, -0.15) is 18.6 Å². The summed E-state index contributed by atoms with van der Waals surface area (Å²) in [4.78, 5) is 4.13. The van der Waals surface area contributed by atoms with Crippen LogP contribution in [-0.2, 0) is 0 Å². The molecular weight excluding hydrogens is 255 g/mol. The van der Waals surface area contributed by atoms with E-state index in [2.05, 4.69) is 15.5 Å². The molecule has 0 atom stereocenters. The van der Waals surface area contributed by atoms with Gasteiger partial charge in [0.15, 0.2) is 0 Å². The summed E-state index contributed by atoms with van der Waals surface area (Å²) in [7, 11) is 0. The molecule has 3 nitrogen and oxygen atoms in total. The summed E-state index contributed by atoms with van der Waals surface area (Å²) < 4.78 is 38.6. The largest absolute Gasteiger partial charge is 0.420 e. The van der Waals surface area contributed by atoms with Crippen LogP contribution in [0.1, 0.15) is 5.56 Å². The number of pyridine rings is 1. The molecule has 19 heavy (non-hydrogen) atoms. The van der Waals surface area contributed by atoms with Crippen LogP contribution in [-0.4, -0.2) is 16.9 Å². The number of halogens is 3. The lowest BCUT2D eigenvalue weighted by atomic mass is 10.0. The van der Waals surface area contributed by atoms with E-state index in [4.69, 9.17) is 0 Å². The first-order valence-electron chi connectivity index (χ1n) is 5.47. The number of rotatable bonds is 1. The number of benzene rings is 1. The summed E-state index contributed by atoms with van der Waals surface area (Å²) >= 11 is 0. The minimum atomic E-state index is -4.48.